The first kappa shape index (κ1) is 16.4. The van der Waals surface area contributed by atoms with Crippen molar-refractivity contribution in [2.75, 3.05) is 19.6 Å². The summed E-state index contributed by atoms with van der Waals surface area (Å²) in [5.74, 6) is 0.714. The van der Waals surface area contributed by atoms with Crippen molar-refractivity contribution < 1.29 is 4.79 Å². The Morgan fingerprint density at radius 1 is 1.24 bits per heavy atom. The van der Waals surface area contributed by atoms with Crippen molar-refractivity contribution in [2.45, 2.75) is 23.8 Å². The lowest BCUT2D eigenvalue weighted by Crippen LogP contribution is -2.57. The van der Waals surface area contributed by atoms with Crippen LogP contribution in [0.1, 0.15) is 12.8 Å². The van der Waals surface area contributed by atoms with Gasteiger partial charge in [-0.2, -0.15) is 0 Å². The predicted molar refractivity (Wildman–Crippen MR) is 89.8 cm³/mol. The molecule has 21 heavy (non-hydrogen) atoms. The molecule has 1 amide bonds. The van der Waals surface area contributed by atoms with E-state index in [1.165, 1.54) is 25.9 Å². The highest BCUT2D eigenvalue weighted by atomic mass is 35.5. The highest BCUT2D eigenvalue weighted by molar-refractivity contribution is 8.02. The molecule has 5 heteroatoms. The van der Waals surface area contributed by atoms with Crippen LogP contribution in [0.2, 0.25) is 0 Å². The Kier molecular flexibility index (Phi) is 6.15. The zero-order valence-electron chi connectivity index (χ0n) is 11.9. The zero-order chi connectivity index (χ0) is 13.8. The third kappa shape index (κ3) is 4.50. The number of thioether (sulfide) groups is 1. The minimum Gasteiger partial charge on any atom is -0.348 e. The Balaban J connectivity index is 0.00000161. The van der Waals surface area contributed by atoms with Gasteiger partial charge in [-0.1, -0.05) is 30.0 Å². The van der Waals surface area contributed by atoms with Crippen molar-refractivity contribution in [1.82, 2.24) is 10.2 Å². The minimum absolute atomic E-state index is 0. The maximum absolute atomic E-state index is 11.9. The SMILES string of the molecule is Cl.O=C(/C=C\Sc1ccccc1)N[C@H]1CN2CCC1CC2. The Bertz CT molecular complexity index is 486. The Labute approximate surface area is 136 Å². The van der Waals surface area contributed by atoms with E-state index >= 15 is 0 Å². The number of piperidine rings is 3. The molecule has 3 heterocycles. The minimum atomic E-state index is 0. The third-order valence-corrected chi connectivity index (χ3v) is 4.97. The number of nitrogens with zero attached hydrogens (tertiary/aromatic N) is 1. The summed E-state index contributed by atoms with van der Waals surface area (Å²) < 4.78 is 0. The van der Waals surface area contributed by atoms with Gasteiger partial charge < -0.3 is 10.2 Å². The predicted octanol–water partition coefficient (Wildman–Crippen LogP) is 2.92. The van der Waals surface area contributed by atoms with Crippen LogP contribution < -0.4 is 5.32 Å². The lowest BCUT2D eigenvalue weighted by Gasteiger charge is -2.44. The molecule has 0 radical (unpaired) electrons. The molecule has 4 rings (SSSR count). The summed E-state index contributed by atoms with van der Waals surface area (Å²) >= 11 is 1.57. The van der Waals surface area contributed by atoms with Crippen molar-refractivity contribution in [3.8, 4) is 0 Å². The molecular formula is C16H21ClN2OS. The number of benzene rings is 1. The van der Waals surface area contributed by atoms with Crippen LogP contribution in [0.4, 0.5) is 0 Å². The largest absolute Gasteiger partial charge is 0.348 e. The van der Waals surface area contributed by atoms with E-state index in [1.54, 1.807) is 17.8 Å². The standard InChI is InChI=1S/C16H20N2OS.ClH/c19-16(8-11-20-14-4-2-1-3-5-14)17-15-12-18-9-6-13(15)7-10-18;/h1-5,8,11,13,15H,6-7,9-10,12H2,(H,17,19);1H/b11-8-;/t15-;/m0./s1. The van der Waals surface area contributed by atoms with Gasteiger partial charge in [-0.3, -0.25) is 4.79 Å². The third-order valence-electron chi connectivity index (χ3n) is 4.15. The molecule has 0 aliphatic carbocycles. The van der Waals surface area contributed by atoms with Crippen LogP contribution in [0.15, 0.2) is 46.7 Å². The number of halogens is 1. The average molecular weight is 325 g/mol. The molecule has 3 aliphatic heterocycles. The van der Waals surface area contributed by atoms with Crippen molar-refractivity contribution in [3.63, 3.8) is 0 Å². The van der Waals surface area contributed by atoms with Gasteiger partial charge in [-0.25, -0.2) is 0 Å². The van der Waals surface area contributed by atoms with Crippen LogP contribution >= 0.6 is 24.2 Å². The lowest BCUT2D eigenvalue weighted by atomic mass is 9.84. The number of amides is 1. The van der Waals surface area contributed by atoms with Crippen LogP contribution in [0.3, 0.4) is 0 Å². The second-order valence-electron chi connectivity index (χ2n) is 5.49. The summed E-state index contributed by atoms with van der Waals surface area (Å²) in [4.78, 5) is 15.6. The van der Waals surface area contributed by atoms with Gasteiger partial charge in [-0.05, 0) is 49.4 Å². The molecule has 0 unspecified atom stereocenters. The quantitative estimate of drug-likeness (QED) is 0.682. The van der Waals surface area contributed by atoms with Gasteiger partial charge in [0.05, 0.1) is 0 Å². The van der Waals surface area contributed by atoms with E-state index in [0.717, 1.165) is 11.4 Å². The molecular weight excluding hydrogens is 304 g/mol. The fourth-order valence-electron chi connectivity index (χ4n) is 3.03. The van der Waals surface area contributed by atoms with Gasteiger partial charge in [0.2, 0.25) is 5.91 Å². The normalized spacial score (nSPS) is 27.3. The first-order valence-electron chi connectivity index (χ1n) is 7.22. The number of fused-ring (bicyclic) bond motifs is 3. The van der Waals surface area contributed by atoms with E-state index in [-0.39, 0.29) is 18.3 Å². The summed E-state index contributed by atoms with van der Waals surface area (Å²) in [6.45, 7) is 3.43. The van der Waals surface area contributed by atoms with Gasteiger partial charge in [0.25, 0.3) is 0 Å². The molecule has 0 saturated carbocycles. The fourth-order valence-corrected chi connectivity index (χ4v) is 3.70. The monoisotopic (exact) mass is 324 g/mol. The Morgan fingerprint density at radius 3 is 2.57 bits per heavy atom. The first-order valence-corrected chi connectivity index (χ1v) is 8.10. The fraction of sp³-hybridized carbons (Fsp3) is 0.438. The molecule has 3 nitrogen and oxygen atoms in total. The van der Waals surface area contributed by atoms with E-state index in [9.17, 15) is 4.79 Å². The van der Waals surface area contributed by atoms with Gasteiger partial charge in [0, 0.05) is 23.6 Å². The molecule has 2 bridgehead atoms. The summed E-state index contributed by atoms with van der Waals surface area (Å²) in [6.07, 6.45) is 4.11. The van der Waals surface area contributed by atoms with E-state index in [1.807, 2.05) is 35.7 Å². The van der Waals surface area contributed by atoms with Gasteiger partial charge >= 0.3 is 0 Å². The average Bonchev–Trinajstić information content (AvgIpc) is 2.49. The Morgan fingerprint density at radius 2 is 1.95 bits per heavy atom. The van der Waals surface area contributed by atoms with E-state index < -0.39 is 0 Å². The van der Waals surface area contributed by atoms with Crippen LogP contribution in [0, 0.1) is 5.92 Å². The lowest BCUT2D eigenvalue weighted by molar-refractivity contribution is -0.118. The van der Waals surface area contributed by atoms with Crippen molar-refractivity contribution in [1.29, 1.82) is 0 Å². The highest BCUT2D eigenvalue weighted by Crippen LogP contribution is 2.27. The molecule has 1 atom stereocenters. The number of hydrogen-bond donors (Lipinski definition) is 1. The molecule has 3 aliphatic rings. The number of carbonyl (C=O) groups excluding carboxylic acids is 1. The number of rotatable bonds is 4. The van der Waals surface area contributed by atoms with E-state index in [2.05, 4.69) is 10.2 Å². The second-order valence-corrected chi connectivity index (χ2v) is 6.47. The van der Waals surface area contributed by atoms with Crippen LogP contribution in [0.5, 0.6) is 0 Å². The number of hydrogen-bond acceptors (Lipinski definition) is 3. The smallest absolute Gasteiger partial charge is 0.244 e. The molecule has 1 N–H and O–H groups in total. The molecule has 0 spiro atoms. The van der Waals surface area contributed by atoms with Crippen molar-refractivity contribution in [3.05, 3.63) is 41.8 Å². The first-order chi connectivity index (χ1) is 9.81. The maximum Gasteiger partial charge on any atom is 0.244 e. The summed E-state index contributed by atoms with van der Waals surface area (Å²) in [7, 11) is 0. The summed E-state index contributed by atoms with van der Waals surface area (Å²) in [5, 5.41) is 5.02. The van der Waals surface area contributed by atoms with Crippen molar-refractivity contribution >= 4 is 30.1 Å². The molecule has 0 aromatic heterocycles. The van der Waals surface area contributed by atoms with Crippen LogP contribution in [0.25, 0.3) is 0 Å². The van der Waals surface area contributed by atoms with Crippen LogP contribution in [-0.4, -0.2) is 36.5 Å². The number of nitrogens with one attached hydrogen (secondary N) is 1. The molecule has 1 aromatic rings. The topological polar surface area (TPSA) is 32.3 Å². The molecule has 3 saturated heterocycles. The van der Waals surface area contributed by atoms with Crippen molar-refractivity contribution in [2.24, 2.45) is 5.92 Å². The molecule has 3 fully saturated rings. The molecule has 1 aromatic carbocycles. The van der Waals surface area contributed by atoms with Gasteiger partial charge in [0.15, 0.2) is 0 Å². The van der Waals surface area contributed by atoms with E-state index in [0.29, 0.717) is 12.0 Å². The molecule has 114 valence electrons. The summed E-state index contributed by atoms with van der Waals surface area (Å²) in [5.41, 5.74) is 0. The van der Waals surface area contributed by atoms with Gasteiger partial charge in [-0.15, -0.1) is 12.4 Å². The zero-order valence-corrected chi connectivity index (χ0v) is 13.5. The number of carbonyl (C=O) groups is 1. The maximum atomic E-state index is 11.9. The second kappa shape index (κ2) is 7.87. The highest BCUT2D eigenvalue weighted by Gasteiger charge is 2.34. The summed E-state index contributed by atoms with van der Waals surface area (Å²) in [6, 6.07) is 10.4. The van der Waals surface area contributed by atoms with Crippen LogP contribution in [-0.2, 0) is 4.79 Å². The Hall–Kier alpha value is -0.970. The van der Waals surface area contributed by atoms with Gasteiger partial charge in [0.1, 0.15) is 0 Å². The van der Waals surface area contributed by atoms with E-state index in [4.69, 9.17) is 0 Å².